The lowest BCUT2D eigenvalue weighted by Gasteiger charge is -2.10. The number of anilines is 2. The van der Waals surface area contributed by atoms with E-state index in [0.717, 1.165) is 22.7 Å². The Morgan fingerprint density at radius 2 is 1.07 bits per heavy atom. The molecule has 1 aromatic carbocycles. The van der Waals surface area contributed by atoms with Gasteiger partial charge in [-0.3, -0.25) is 9.59 Å². The number of amides is 2. The van der Waals surface area contributed by atoms with Crippen molar-refractivity contribution in [1.29, 1.82) is 10.5 Å². The first kappa shape index (κ1) is 30.0. The molecule has 0 unspecified atom stereocenters. The van der Waals surface area contributed by atoms with Crippen LogP contribution < -0.4 is 10.6 Å². The zero-order chi connectivity index (χ0) is 29.7. The van der Waals surface area contributed by atoms with Gasteiger partial charge in [-0.05, 0) is 64.8 Å². The number of nitrogens with zero attached hydrogens (tertiary/aromatic N) is 2. The molecule has 0 aliphatic heterocycles. The zero-order valence-electron chi connectivity index (χ0n) is 22.6. The van der Waals surface area contributed by atoms with Crippen molar-refractivity contribution in [2.45, 2.75) is 53.8 Å². The van der Waals surface area contributed by atoms with Crippen LogP contribution in [-0.2, 0) is 9.47 Å². The van der Waals surface area contributed by atoms with E-state index in [9.17, 15) is 29.7 Å². The summed E-state index contributed by atoms with van der Waals surface area (Å²) in [6.07, 6.45) is -0.734. The molecule has 0 bridgehead atoms. The Labute approximate surface area is 239 Å². The summed E-state index contributed by atoms with van der Waals surface area (Å²) in [5, 5.41) is 24.9. The summed E-state index contributed by atoms with van der Waals surface area (Å²) in [4.78, 5) is 51.9. The highest BCUT2D eigenvalue weighted by atomic mass is 32.1. The third-order valence-corrected chi connectivity index (χ3v) is 7.82. The molecule has 0 spiro atoms. The monoisotopic (exact) mass is 578 g/mol. The lowest BCUT2D eigenvalue weighted by Crippen LogP contribution is -2.20. The topological polar surface area (TPSA) is 158 Å². The number of benzene rings is 1. The molecule has 2 aromatic heterocycles. The van der Waals surface area contributed by atoms with Gasteiger partial charge in [0, 0.05) is 0 Å². The second kappa shape index (κ2) is 12.6. The fraction of sp³-hybridized carbons (Fsp3) is 0.286. The van der Waals surface area contributed by atoms with Crippen molar-refractivity contribution in [3.63, 3.8) is 0 Å². The van der Waals surface area contributed by atoms with E-state index in [2.05, 4.69) is 10.6 Å². The minimum absolute atomic E-state index is 0.00697. The minimum atomic E-state index is -0.684. The van der Waals surface area contributed by atoms with Gasteiger partial charge in [-0.15, -0.1) is 22.7 Å². The van der Waals surface area contributed by atoms with E-state index < -0.39 is 23.8 Å². The SMILES string of the molecule is Cc1c(C(=O)OC(C)C)sc(NC(=O)c2ccccc2C(=O)Nc2sc(C(=O)OC(C)C)c(C)c2C#N)c1C#N. The van der Waals surface area contributed by atoms with Gasteiger partial charge in [0.2, 0.25) is 0 Å². The molecule has 0 aliphatic carbocycles. The van der Waals surface area contributed by atoms with Gasteiger partial charge in [0.15, 0.2) is 0 Å². The normalized spacial score (nSPS) is 10.6. The number of thiophene rings is 2. The first-order valence-corrected chi connectivity index (χ1v) is 13.7. The molecule has 2 amide bonds. The van der Waals surface area contributed by atoms with Crippen molar-refractivity contribution < 1.29 is 28.7 Å². The average molecular weight is 579 g/mol. The van der Waals surface area contributed by atoms with Gasteiger partial charge in [0.25, 0.3) is 11.8 Å². The van der Waals surface area contributed by atoms with Gasteiger partial charge in [-0.25, -0.2) is 9.59 Å². The van der Waals surface area contributed by atoms with Crippen LogP contribution in [0.15, 0.2) is 24.3 Å². The Hall–Kier alpha value is -4.52. The van der Waals surface area contributed by atoms with Crippen molar-refractivity contribution in [2.24, 2.45) is 0 Å². The van der Waals surface area contributed by atoms with Crippen LogP contribution in [0, 0.1) is 36.5 Å². The number of nitriles is 2. The van der Waals surface area contributed by atoms with E-state index in [1.807, 2.05) is 12.1 Å². The molecule has 3 rings (SSSR count). The van der Waals surface area contributed by atoms with E-state index in [1.54, 1.807) is 53.7 Å². The van der Waals surface area contributed by atoms with Crippen molar-refractivity contribution in [2.75, 3.05) is 10.6 Å². The van der Waals surface area contributed by atoms with Crippen LogP contribution >= 0.6 is 22.7 Å². The molecule has 0 atom stereocenters. The van der Waals surface area contributed by atoms with E-state index in [1.165, 1.54) is 12.1 Å². The summed E-state index contributed by atoms with van der Waals surface area (Å²) >= 11 is 1.82. The lowest BCUT2D eigenvalue weighted by molar-refractivity contribution is 0.0372. The maximum Gasteiger partial charge on any atom is 0.348 e. The summed E-state index contributed by atoms with van der Waals surface area (Å²) < 4.78 is 10.5. The molecule has 0 radical (unpaired) electrons. The molecule has 2 heterocycles. The number of carbonyl (C=O) groups is 4. The molecular weight excluding hydrogens is 552 g/mol. The summed E-state index contributed by atoms with van der Waals surface area (Å²) in [7, 11) is 0. The molecule has 206 valence electrons. The highest BCUT2D eigenvalue weighted by molar-refractivity contribution is 7.19. The maximum absolute atomic E-state index is 13.3. The smallest absolute Gasteiger partial charge is 0.348 e. The molecule has 2 N–H and O–H groups in total. The molecule has 0 saturated carbocycles. The van der Waals surface area contributed by atoms with Crippen LogP contribution in [0.2, 0.25) is 0 Å². The van der Waals surface area contributed by atoms with Crippen LogP contribution in [0.4, 0.5) is 10.0 Å². The molecular formula is C28H26N4O6S2. The maximum atomic E-state index is 13.3. The van der Waals surface area contributed by atoms with Crippen molar-refractivity contribution in [3.8, 4) is 12.1 Å². The third-order valence-electron chi connectivity index (χ3n) is 5.44. The van der Waals surface area contributed by atoms with Crippen molar-refractivity contribution >= 4 is 56.4 Å². The highest BCUT2D eigenvalue weighted by Gasteiger charge is 2.27. The summed E-state index contributed by atoms with van der Waals surface area (Å²) in [6.45, 7) is 9.98. The van der Waals surface area contributed by atoms with Gasteiger partial charge in [0.1, 0.15) is 31.9 Å². The Morgan fingerprint density at radius 3 is 1.38 bits per heavy atom. The number of ether oxygens (including phenoxy) is 2. The molecule has 3 aromatic rings. The third kappa shape index (κ3) is 6.37. The molecule has 40 heavy (non-hydrogen) atoms. The van der Waals surface area contributed by atoms with Crippen LogP contribution in [0.1, 0.15) is 90.0 Å². The Balaban J connectivity index is 1.91. The number of hydrogen-bond donors (Lipinski definition) is 2. The lowest BCUT2D eigenvalue weighted by atomic mass is 10.1. The quantitative estimate of drug-likeness (QED) is 0.317. The molecule has 12 heteroatoms. The second-order valence-electron chi connectivity index (χ2n) is 9.11. The number of rotatable bonds is 8. The second-order valence-corrected chi connectivity index (χ2v) is 11.1. The van der Waals surface area contributed by atoms with Gasteiger partial charge in [-0.1, -0.05) is 12.1 Å². The molecule has 10 nitrogen and oxygen atoms in total. The standard InChI is InChI=1S/C28H26N4O6S2/c1-13(2)37-27(35)21-15(5)19(11-29)25(39-21)31-23(33)17-9-7-8-10-18(17)24(34)32-26-20(12-30)16(6)22(40-26)28(36)38-14(3)4/h7-10,13-14H,1-6H3,(H,31,33)(H,32,34). The average Bonchev–Trinajstić information content (AvgIpc) is 3.37. The number of carbonyl (C=O) groups excluding carboxylic acids is 4. The largest absolute Gasteiger partial charge is 0.459 e. The van der Waals surface area contributed by atoms with Crippen molar-refractivity contribution in [1.82, 2.24) is 0 Å². The number of esters is 2. The van der Waals surface area contributed by atoms with Crippen LogP contribution in [0.5, 0.6) is 0 Å². The van der Waals surface area contributed by atoms with Crippen LogP contribution in [0.25, 0.3) is 0 Å². The fourth-order valence-electron chi connectivity index (χ4n) is 3.62. The first-order chi connectivity index (χ1) is 18.9. The summed E-state index contributed by atoms with van der Waals surface area (Å²) in [5.41, 5.74) is 0.973. The molecule has 0 saturated heterocycles. The van der Waals surface area contributed by atoms with Gasteiger partial charge in [0.05, 0.1) is 34.5 Å². The van der Waals surface area contributed by atoms with Crippen LogP contribution in [-0.4, -0.2) is 36.0 Å². The number of nitrogens with one attached hydrogen (secondary N) is 2. The first-order valence-electron chi connectivity index (χ1n) is 12.1. The summed E-state index contributed by atoms with van der Waals surface area (Å²) in [6, 6.07) is 10.0. The predicted octanol–water partition coefficient (Wildman–Crippen LogP) is 5.80. The highest BCUT2D eigenvalue weighted by Crippen LogP contribution is 2.35. The summed E-state index contributed by atoms with van der Waals surface area (Å²) in [5.74, 6) is -2.58. The van der Waals surface area contributed by atoms with Crippen molar-refractivity contribution in [3.05, 3.63) is 67.4 Å². The fourth-order valence-corrected chi connectivity index (χ4v) is 5.69. The zero-order valence-corrected chi connectivity index (χ0v) is 24.3. The van der Waals surface area contributed by atoms with Gasteiger partial charge >= 0.3 is 11.9 Å². The van der Waals surface area contributed by atoms with Crippen LogP contribution in [0.3, 0.4) is 0 Å². The Bertz CT molecular complexity index is 1470. The predicted molar refractivity (Wildman–Crippen MR) is 151 cm³/mol. The van der Waals surface area contributed by atoms with E-state index in [-0.39, 0.29) is 54.2 Å². The van der Waals surface area contributed by atoms with E-state index >= 15 is 0 Å². The van der Waals surface area contributed by atoms with E-state index in [4.69, 9.17) is 9.47 Å². The Morgan fingerprint density at radius 1 is 0.725 bits per heavy atom. The molecule has 0 aliphatic rings. The number of hydrogen-bond acceptors (Lipinski definition) is 10. The van der Waals surface area contributed by atoms with E-state index in [0.29, 0.717) is 11.1 Å². The molecule has 0 fully saturated rings. The van der Waals surface area contributed by atoms with Gasteiger partial charge < -0.3 is 20.1 Å². The minimum Gasteiger partial charge on any atom is -0.459 e. The Kier molecular flexibility index (Phi) is 9.43. The van der Waals surface area contributed by atoms with Gasteiger partial charge in [-0.2, -0.15) is 10.5 Å².